The van der Waals surface area contributed by atoms with Crippen LogP contribution in [0.4, 0.5) is 0 Å². The molecule has 0 amide bonds. The Bertz CT molecular complexity index is 880. The van der Waals surface area contributed by atoms with E-state index in [0.29, 0.717) is 11.1 Å². The summed E-state index contributed by atoms with van der Waals surface area (Å²) in [4.78, 5) is 0. The normalized spacial score (nSPS) is 27.2. The third kappa shape index (κ3) is 4.78. The SMILES string of the molecule is OC[C@@H]1O[C@H](Oc2cc(O)cc(C=Cc3ccc(O)c(O)c3)c2)[C@H](O)[C@H](O)[C@H]1O. The van der Waals surface area contributed by atoms with Crippen LogP contribution in [0, 0.1) is 0 Å². The van der Waals surface area contributed by atoms with Crippen LogP contribution in [-0.4, -0.2) is 73.1 Å². The number of hydrogen-bond acceptors (Lipinski definition) is 9. The molecule has 9 nitrogen and oxygen atoms in total. The summed E-state index contributed by atoms with van der Waals surface area (Å²) in [7, 11) is 0. The van der Waals surface area contributed by atoms with Crippen molar-refractivity contribution in [2.45, 2.75) is 30.7 Å². The lowest BCUT2D eigenvalue weighted by atomic mass is 9.99. The van der Waals surface area contributed by atoms with Crippen LogP contribution in [0.25, 0.3) is 12.2 Å². The maximum atomic E-state index is 10.1. The average Bonchev–Trinajstić information content (AvgIpc) is 2.69. The maximum absolute atomic E-state index is 10.1. The molecule has 0 radical (unpaired) electrons. The monoisotopic (exact) mass is 406 g/mol. The highest BCUT2D eigenvalue weighted by atomic mass is 16.7. The third-order valence-corrected chi connectivity index (χ3v) is 4.48. The van der Waals surface area contributed by atoms with Gasteiger partial charge in [0.2, 0.25) is 6.29 Å². The van der Waals surface area contributed by atoms with E-state index in [1.807, 2.05) is 0 Å². The number of hydrogen-bond donors (Lipinski definition) is 7. The van der Waals surface area contributed by atoms with Gasteiger partial charge in [0.05, 0.1) is 6.61 Å². The number of aromatic hydroxyl groups is 3. The third-order valence-electron chi connectivity index (χ3n) is 4.48. The van der Waals surface area contributed by atoms with Crippen LogP contribution in [0.3, 0.4) is 0 Å². The molecule has 7 N–H and O–H groups in total. The average molecular weight is 406 g/mol. The van der Waals surface area contributed by atoms with Gasteiger partial charge in [-0.15, -0.1) is 0 Å². The summed E-state index contributed by atoms with van der Waals surface area (Å²) >= 11 is 0. The number of aliphatic hydroxyl groups is 4. The Morgan fingerprint density at radius 3 is 2.24 bits per heavy atom. The summed E-state index contributed by atoms with van der Waals surface area (Å²) in [6, 6.07) is 8.52. The van der Waals surface area contributed by atoms with Crippen molar-refractivity contribution in [2.75, 3.05) is 6.61 Å². The Kier molecular flexibility index (Phi) is 6.26. The van der Waals surface area contributed by atoms with Crippen LogP contribution in [0.15, 0.2) is 36.4 Å². The maximum Gasteiger partial charge on any atom is 0.229 e. The highest BCUT2D eigenvalue weighted by molar-refractivity contribution is 5.72. The highest BCUT2D eigenvalue weighted by Gasteiger charge is 2.44. The van der Waals surface area contributed by atoms with Gasteiger partial charge in [0.25, 0.3) is 0 Å². The molecule has 1 heterocycles. The molecule has 2 aromatic rings. The molecule has 0 aromatic heterocycles. The minimum absolute atomic E-state index is 0.113. The van der Waals surface area contributed by atoms with Crippen LogP contribution in [-0.2, 0) is 4.74 Å². The van der Waals surface area contributed by atoms with Crippen molar-refractivity contribution in [2.24, 2.45) is 0 Å². The fourth-order valence-electron chi connectivity index (χ4n) is 2.91. The van der Waals surface area contributed by atoms with E-state index in [9.17, 15) is 35.7 Å². The van der Waals surface area contributed by atoms with Gasteiger partial charge in [-0.25, -0.2) is 0 Å². The Labute approximate surface area is 165 Å². The molecule has 9 heteroatoms. The molecule has 156 valence electrons. The minimum Gasteiger partial charge on any atom is -0.508 e. The fraction of sp³-hybridized carbons (Fsp3) is 0.300. The van der Waals surface area contributed by atoms with Crippen LogP contribution < -0.4 is 4.74 Å². The first-order valence-corrected chi connectivity index (χ1v) is 8.80. The van der Waals surface area contributed by atoms with Gasteiger partial charge in [-0.3, -0.25) is 0 Å². The van der Waals surface area contributed by atoms with E-state index in [4.69, 9.17) is 9.47 Å². The largest absolute Gasteiger partial charge is 0.508 e. The van der Waals surface area contributed by atoms with Crippen molar-refractivity contribution >= 4 is 12.2 Å². The second kappa shape index (κ2) is 8.68. The molecular weight excluding hydrogens is 384 g/mol. The summed E-state index contributed by atoms with van der Waals surface area (Å²) in [6.45, 7) is -0.585. The molecule has 3 rings (SSSR count). The lowest BCUT2D eigenvalue weighted by molar-refractivity contribution is -0.277. The number of rotatable bonds is 5. The second-order valence-electron chi connectivity index (χ2n) is 6.66. The first kappa shape index (κ1) is 20.9. The first-order chi connectivity index (χ1) is 13.8. The Hall–Kier alpha value is -2.82. The van der Waals surface area contributed by atoms with E-state index >= 15 is 0 Å². The van der Waals surface area contributed by atoms with E-state index in [1.165, 1.54) is 30.3 Å². The van der Waals surface area contributed by atoms with Gasteiger partial charge in [0.1, 0.15) is 35.9 Å². The quantitative estimate of drug-likeness (QED) is 0.271. The predicted octanol–water partition coefficient (Wildman–Crippen LogP) is 0.152. The van der Waals surface area contributed by atoms with Crippen molar-refractivity contribution in [1.82, 2.24) is 0 Å². The molecular formula is C20H22O9. The predicted molar refractivity (Wildman–Crippen MR) is 101 cm³/mol. The number of benzene rings is 2. The van der Waals surface area contributed by atoms with Crippen molar-refractivity contribution in [1.29, 1.82) is 0 Å². The van der Waals surface area contributed by atoms with Gasteiger partial charge >= 0.3 is 0 Å². The Morgan fingerprint density at radius 1 is 0.828 bits per heavy atom. The van der Waals surface area contributed by atoms with Crippen molar-refractivity contribution in [3.63, 3.8) is 0 Å². The molecule has 5 atom stereocenters. The fourth-order valence-corrected chi connectivity index (χ4v) is 2.91. The van der Waals surface area contributed by atoms with Gasteiger partial charge in [-0.05, 0) is 35.4 Å². The lowest BCUT2D eigenvalue weighted by Crippen LogP contribution is -2.60. The van der Waals surface area contributed by atoms with E-state index in [2.05, 4.69) is 0 Å². The van der Waals surface area contributed by atoms with E-state index in [-0.39, 0.29) is 23.0 Å². The molecule has 2 aromatic carbocycles. The van der Waals surface area contributed by atoms with Crippen molar-refractivity contribution in [3.8, 4) is 23.0 Å². The molecule has 0 aliphatic carbocycles. The zero-order valence-corrected chi connectivity index (χ0v) is 15.2. The molecule has 29 heavy (non-hydrogen) atoms. The molecule has 0 unspecified atom stereocenters. The van der Waals surface area contributed by atoms with Gasteiger partial charge in [0.15, 0.2) is 11.5 Å². The first-order valence-electron chi connectivity index (χ1n) is 8.80. The van der Waals surface area contributed by atoms with Gasteiger partial charge < -0.3 is 45.2 Å². The number of phenols is 3. The van der Waals surface area contributed by atoms with Crippen LogP contribution in [0.1, 0.15) is 11.1 Å². The molecule has 1 aliphatic heterocycles. The molecule has 1 aliphatic rings. The smallest absolute Gasteiger partial charge is 0.229 e. The summed E-state index contributed by atoms with van der Waals surface area (Å²) in [6.07, 6.45) is -3.90. The molecule has 0 spiro atoms. The lowest BCUT2D eigenvalue weighted by Gasteiger charge is -2.39. The Balaban J connectivity index is 1.78. The Morgan fingerprint density at radius 2 is 1.55 bits per heavy atom. The summed E-state index contributed by atoms with van der Waals surface area (Å²) in [5, 5.41) is 67.8. The summed E-state index contributed by atoms with van der Waals surface area (Å²) in [5.74, 6) is -0.535. The molecule has 1 saturated heterocycles. The van der Waals surface area contributed by atoms with Gasteiger partial charge in [-0.2, -0.15) is 0 Å². The van der Waals surface area contributed by atoms with Crippen molar-refractivity contribution in [3.05, 3.63) is 47.5 Å². The standard InChI is InChI=1S/C20H22O9/c21-9-16-17(25)18(26)19(27)20(29-16)28-13-6-11(5-12(22)8-13)2-1-10-3-4-14(23)15(24)7-10/h1-8,16-27H,9H2/t16-,17-,18+,19+,20-/m0/s1. The topological polar surface area (TPSA) is 160 Å². The van der Waals surface area contributed by atoms with Crippen LogP contribution in [0.5, 0.6) is 23.0 Å². The summed E-state index contributed by atoms with van der Waals surface area (Å²) in [5.41, 5.74) is 1.11. The molecule has 0 saturated carbocycles. The molecule has 0 bridgehead atoms. The van der Waals surface area contributed by atoms with E-state index in [1.54, 1.807) is 18.2 Å². The van der Waals surface area contributed by atoms with Crippen molar-refractivity contribution < 1.29 is 45.2 Å². The second-order valence-corrected chi connectivity index (χ2v) is 6.66. The molecule has 1 fully saturated rings. The van der Waals surface area contributed by atoms with E-state index in [0.717, 1.165) is 0 Å². The van der Waals surface area contributed by atoms with E-state index < -0.39 is 37.3 Å². The summed E-state index contributed by atoms with van der Waals surface area (Å²) < 4.78 is 10.8. The number of aliphatic hydroxyl groups excluding tert-OH is 4. The number of phenolic OH excluding ortho intramolecular Hbond substituents is 3. The zero-order chi connectivity index (χ0) is 21.1. The zero-order valence-electron chi connectivity index (χ0n) is 15.2. The number of ether oxygens (including phenoxy) is 2. The minimum atomic E-state index is -1.58. The van der Waals surface area contributed by atoms with Gasteiger partial charge in [0, 0.05) is 6.07 Å². The van der Waals surface area contributed by atoms with Crippen LogP contribution >= 0.6 is 0 Å². The highest BCUT2D eigenvalue weighted by Crippen LogP contribution is 2.29. The van der Waals surface area contributed by atoms with Crippen LogP contribution in [0.2, 0.25) is 0 Å². The van der Waals surface area contributed by atoms with Gasteiger partial charge in [-0.1, -0.05) is 18.2 Å².